The van der Waals surface area contributed by atoms with Crippen LogP contribution in [-0.4, -0.2) is 19.6 Å². The molecule has 2 rings (SSSR count). The van der Waals surface area contributed by atoms with E-state index in [-0.39, 0.29) is 29.8 Å². The van der Waals surface area contributed by atoms with E-state index >= 15 is 0 Å². The van der Waals surface area contributed by atoms with Crippen molar-refractivity contribution in [3.05, 3.63) is 70.5 Å². The van der Waals surface area contributed by atoms with E-state index in [1.165, 1.54) is 6.07 Å². The third-order valence-electron chi connectivity index (χ3n) is 3.76. The summed E-state index contributed by atoms with van der Waals surface area (Å²) in [4.78, 5) is 4.19. The van der Waals surface area contributed by atoms with E-state index in [9.17, 15) is 4.39 Å². The summed E-state index contributed by atoms with van der Waals surface area (Å²) in [5.41, 5.74) is 3.80. The molecular weight excluding hydrogens is 430 g/mol. The van der Waals surface area contributed by atoms with Gasteiger partial charge < -0.3 is 10.6 Å². The number of nitriles is 1. The number of aryl methyl sites for hydroxylation is 1. The molecule has 2 aromatic rings. The van der Waals surface area contributed by atoms with Crippen LogP contribution in [0.4, 0.5) is 4.39 Å². The fourth-order valence-corrected chi connectivity index (χ4v) is 2.36. The summed E-state index contributed by atoms with van der Waals surface area (Å²) in [5, 5.41) is 15.3. The van der Waals surface area contributed by atoms with Crippen LogP contribution in [0.3, 0.4) is 0 Å². The second-order valence-corrected chi connectivity index (χ2v) is 5.48. The minimum atomic E-state index is -0.205. The van der Waals surface area contributed by atoms with Crippen LogP contribution in [0, 0.1) is 24.1 Å². The molecule has 0 saturated heterocycles. The Hall–Kier alpha value is -2.14. The number of hydrogen-bond donors (Lipinski definition) is 2. The number of guanidine groups is 1. The molecule has 0 aromatic heterocycles. The van der Waals surface area contributed by atoms with E-state index in [2.05, 4.69) is 21.7 Å². The summed E-state index contributed by atoms with van der Waals surface area (Å²) in [6.07, 6.45) is 0.795. The monoisotopic (exact) mass is 452 g/mol. The fraction of sp³-hybridized carbons (Fsp3) is 0.263. The van der Waals surface area contributed by atoms with Gasteiger partial charge in [0.1, 0.15) is 5.82 Å². The summed E-state index contributed by atoms with van der Waals surface area (Å²) in [7, 11) is 1.72. The number of benzene rings is 2. The number of rotatable bonds is 5. The Kier molecular flexibility index (Phi) is 8.92. The highest BCUT2D eigenvalue weighted by Gasteiger charge is 2.02. The lowest BCUT2D eigenvalue weighted by Crippen LogP contribution is -2.37. The van der Waals surface area contributed by atoms with Crippen LogP contribution in [0.15, 0.2) is 47.5 Å². The van der Waals surface area contributed by atoms with Crippen LogP contribution < -0.4 is 10.6 Å². The Morgan fingerprint density at radius 1 is 1.16 bits per heavy atom. The minimum absolute atomic E-state index is 0. The molecule has 0 unspecified atom stereocenters. The Labute approximate surface area is 165 Å². The standard InChI is InChI=1S/C19H21FN4.HI/c1-14-11-18(20)8-7-17(14)9-10-23-19(22-2)24-13-16-5-3-15(12-21)4-6-16;/h3-8,11H,9-10,13H2,1-2H3,(H2,22,23,24);1H. The van der Waals surface area contributed by atoms with Gasteiger partial charge in [0.2, 0.25) is 0 Å². The molecule has 0 aliphatic carbocycles. The fourth-order valence-electron chi connectivity index (χ4n) is 2.36. The van der Waals surface area contributed by atoms with Gasteiger partial charge in [-0.25, -0.2) is 4.39 Å². The maximum atomic E-state index is 13.1. The van der Waals surface area contributed by atoms with Crippen molar-refractivity contribution in [3.8, 4) is 6.07 Å². The number of halogens is 2. The predicted molar refractivity (Wildman–Crippen MR) is 110 cm³/mol. The maximum absolute atomic E-state index is 13.1. The van der Waals surface area contributed by atoms with Crippen LogP contribution in [0.25, 0.3) is 0 Å². The zero-order valence-electron chi connectivity index (χ0n) is 14.3. The first-order chi connectivity index (χ1) is 11.6. The highest BCUT2D eigenvalue weighted by Crippen LogP contribution is 2.10. The van der Waals surface area contributed by atoms with Gasteiger partial charge in [-0.05, 0) is 54.3 Å². The molecule has 132 valence electrons. The largest absolute Gasteiger partial charge is 0.356 e. The molecule has 0 spiro atoms. The van der Waals surface area contributed by atoms with E-state index in [1.807, 2.05) is 25.1 Å². The van der Waals surface area contributed by atoms with Crippen molar-refractivity contribution in [1.82, 2.24) is 10.6 Å². The summed E-state index contributed by atoms with van der Waals surface area (Å²) in [6, 6.07) is 14.4. The van der Waals surface area contributed by atoms with Crippen LogP contribution in [0.5, 0.6) is 0 Å². The Balaban J connectivity index is 0.00000312. The van der Waals surface area contributed by atoms with Crippen LogP contribution in [-0.2, 0) is 13.0 Å². The summed E-state index contributed by atoms with van der Waals surface area (Å²) >= 11 is 0. The minimum Gasteiger partial charge on any atom is -0.356 e. The van der Waals surface area contributed by atoms with Crippen LogP contribution in [0.1, 0.15) is 22.3 Å². The molecule has 0 saturated carbocycles. The molecule has 6 heteroatoms. The molecule has 2 aromatic carbocycles. The van der Waals surface area contributed by atoms with Crippen molar-refractivity contribution in [1.29, 1.82) is 5.26 Å². The van der Waals surface area contributed by atoms with Crippen molar-refractivity contribution in [3.63, 3.8) is 0 Å². The number of nitrogens with zero attached hydrogens (tertiary/aromatic N) is 2. The second-order valence-electron chi connectivity index (χ2n) is 5.48. The number of nitrogens with one attached hydrogen (secondary N) is 2. The van der Waals surface area contributed by atoms with Gasteiger partial charge in [0, 0.05) is 20.1 Å². The second kappa shape index (κ2) is 10.7. The van der Waals surface area contributed by atoms with Crippen molar-refractivity contribution < 1.29 is 4.39 Å². The summed E-state index contributed by atoms with van der Waals surface area (Å²) in [6.45, 7) is 3.25. The van der Waals surface area contributed by atoms with Crippen LogP contribution in [0.2, 0.25) is 0 Å². The van der Waals surface area contributed by atoms with E-state index < -0.39 is 0 Å². The van der Waals surface area contributed by atoms with Gasteiger partial charge >= 0.3 is 0 Å². The normalized spacial score (nSPS) is 10.6. The SMILES string of the molecule is CN=C(NCCc1ccc(F)cc1C)NCc1ccc(C#N)cc1.I. The predicted octanol–water partition coefficient (Wildman–Crippen LogP) is 3.53. The topological polar surface area (TPSA) is 60.2 Å². The van der Waals surface area contributed by atoms with Gasteiger partial charge in [-0.3, -0.25) is 4.99 Å². The molecule has 0 fully saturated rings. The van der Waals surface area contributed by atoms with E-state index in [0.717, 1.165) is 23.1 Å². The Morgan fingerprint density at radius 2 is 1.88 bits per heavy atom. The third kappa shape index (κ3) is 6.70. The average Bonchev–Trinajstić information content (AvgIpc) is 2.60. The third-order valence-corrected chi connectivity index (χ3v) is 3.76. The zero-order valence-corrected chi connectivity index (χ0v) is 16.7. The molecule has 0 atom stereocenters. The smallest absolute Gasteiger partial charge is 0.191 e. The lowest BCUT2D eigenvalue weighted by atomic mass is 10.1. The van der Waals surface area contributed by atoms with Crippen molar-refractivity contribution in [2.24, 2.45) is 4.99 Å². The van der Waals surface area contributed by atoms with Gasteiger partial charge in [0.25, 0.3) is 0 Å². The van der Waals surface area contributed by atoms with Gasteiger partial charge in [-0.1, -0.05) is 18.2 Å². The zero-order chi connectivity index (χ0) is 17.4. The quantitative estimate of drug-likeness (QED) is 0.415. The summed E-state index contributed by atoms with van der Waals surface area (Å²) < 4.78 is 13.1. The highest BCUT2D eigenvalue weighted by molar-refractivity contribution is 14.0. The van der Waals surface area contributed by atoms with Crippen LogP contribution >= 0.6 is 24.0 Å². The first-order valence-corrected chi connectivity index (χ1v) is 7.81. The lowest BCUT2D eigenvalue weighted by molar-refractivity contribution is 0.625. The van der Waals surface area contributed by atoms with E-state index in [1.54, 1.807) is 25.2 Å². The average molecular weight is 452 g/mol. The molecular formula is C19H22FIN4. The maximum Gasteiger partial charge on any atom is 0.191 e. The molecule has 0 amide bonds. The molecule has 0 aliphatic heterocycles. The van der Waals surface area contributed by atoms with Gasteiger partial charge in [0.15, 0.2) is 5.96 Å². The molecule has 2 N–H and O–H groups in total. The molecule has 0 aliphatic rings. The van der Waals surface area contributed by atoms with Crippen molar-refractivity contribution >= 4 is 29.9 Å². The Bertz CT molecular complexity index is 751. The van der Waals surface area contributed by atoms with Gasteiger partial charge in [-0.2, -0.15) is 5.26 Å². The van der Waals surface area contributed by atoms with Crippen molar-refractivity contribution in [2.45, 2.75) is 19.9 Å². The molecule has 0 radical (unpaired) electrons. The first kappa shape index (κ1) is 20.9. The van der Waals surface area contributed by atoms with Gasteiger partial charge in [0.05, 0.1) is 11.6 Å². The number of hydrogen-bond acceptors (Lipinski definition) is 2. The Morgan fingerprint density at radius 3 is 2.48 bits per heavy atom. The molecule has 0 heterocycles. The van der Waals surface area contributed by atoms with E-state index in [0.29, 0.717) is 24.6 Å². The van der Waals surface area contributed by atoms with E-state index in [4.69, 9.17) is 5.26 Å². The highest BCUT2D eigenvalue weighted by atomic mass is 127. The molecule has 0 bridgehead atoms. The van der Waals surface area contributed by atoms with Gasteiger partial charge in [-0.15, -0.1) is 24.0 Å². The molecule has 25 heavy (non-hydrogen) atoms. The lowest BCUT2D eigenvalue weighted by Gasteiger charge is -2.13. The summed E-state index contributed by atoms with van der Waals surface area (Å²) in [5.74, 6) is 0.503. The first-order valence-electron chi connectivity index (χ1n) is 7.81. The molecule has 4 nitrogen and oxygen atoms in total. The van der Waals surface area contributed by atoms with Crippen molar-refractivity contribution in [2.75, 3.05) is 13.6 Å². The number of aliphatic imine (C=N–C) groups is 1.